The van der Waals surface area contributed by atoms with Crippen LogP contribution in [0.3, 0.4) is 0 Å². The Kier molecular flexibility index (Phi) is 5.53. The first-order valence-corrected chi connectivity index (χ1v) is 9.81. The highest BCUT2D eigenvalue weighted by Crippen LogP contribution is 2.25. The van der Waals surface area contributed by atoms with Crippen LogP contribution in [0.4, 0.5) is 0 Å². The summed E-state index contributed by atoms with van der Waals surface area (Å²) in [7, 11) is 0. The molecule has 144 valence electrons. The third kappa shape index (κ3) is 4.15. The Labute approximate surface area is 165 Å². The third-order valence-electron chi connectivity index (χ3n) is 5.30. The number of likely N-dealkylation sites (tertiary alicyclic amines) is 1. The number of carbonyl (C=O) groups excluding carboxylic acids is 1. The maximum Gasteiger partial charge on any atom is 0.273 e. The summed E-state index contributed by atoms with van der Waals surface area (Å²) in [5.41, 5.74) is 3.69. The van der Waals surface area contributed by atoms with E-state index < -0.39 is 0 Å². The summed E-state index contributed by atoms with van der Waals surface area (Å²) in [5.74, 6) is 0.391. The van der Waals surface area contributed by atoms with Gasteiger partial charge < -0.3 is 9.84 Å². The summed E-state index contributed by atoms with van der Waals surface area (Å²) in [4.78, 5) is 15.1. The van der Waals surface area contributed by atoms with Crippen molar-refractivity contribution in [3.63, 3.8) is 0 Å². The van der Waals surface area contributed by atoms with Gasteiger partial charge in [0, 0.05) is 18.2 Å². The first kappa shape index (κ1) is 18.4. The smallest absolute Gasteiger partial charge is 0.273 e. The van der Waals surface area contributed by atoms with E-state index in [0.29, 0.717) is 18.0 Å². The summed E-state index contributed by atoms with van der Waals surface area (Å²) in [6.07, 6.45) is 2.42. The molecule has 28 heavy (non-hydrogen) atoms. The first-order valence-electron chi connectivity index (χ1n) is 9.81. The maximum atomic E-state index is 12.6. The van der Waals surface area contributed by atoms with Crippen molar-refractivity contribution in [2.24, 2.45) is 0 Å². The number of hydrogen-bond donors (Lipinski definition) is 1. The fourth-order valence-corrected chi connectivity index (χ4v) is 3.70. The van der Waals surface area contributed by atoms with Crippen molar-refractivity contribution in [3.8, 4) is 11.3 Å². The highest BCUT2D eigenvalue weighted by atomic mass is 16.5. The van der Waals surface area contributed by atoms with Crippen LogP contribution in [0.1, 0.15) is 40.5 Å². The van der Waals surface area contributed by atoms with Gasteiger partial charge >= 0.3 is 0 Å². The van der Waals surface area contributed by atoms with Gasteiger partial charge in [0.15, 0.2) is 11.5 Å². The van der Waals surface area contributed by atoms with Crippen LogP contribution >= 0.6 is 0 Å². The fourth-order valence-electron chi connectivity index (χ4n) is 3.70. The van der Waals surface area contributed by atoms with E-state index >= 15 is 0 Å². The monoisotopic (exact) mass is 375 g/mol. The van der Waals surface area contributed by atoms with Gasteiger partial charge in [-0.25, -0.2) is 0 Å². The maximum absolute atomic E-state index is 12.6. The first-order chi connectivity index (χ1) is 13.7. The van der Waals surface area contributed by atoms with Crippen molar-refractivity contribution < 1.29 is 9.32 Å². The van der Waals surface area contributed by atoms with Crippen molar-refractivity contribution in [2.45, 2.75) is 25.8 Å². The van der Waals surface area contributed by atoms with Crippen LogP contribution in [-0.2, 0) is 0 Å². The van der Waals surface area contributed by atoms with Crippen LogP contribution in [0.25, 0.3) is 11.3 Å². The predicted octanol–water partition coefficient (Wildman–Crippen LogP) is 4.22. The van der Waals surface area contributed by atoms with Gasteiger partial charge in [-0.3, -0.25) is 9.69 Å². The lowest BCUT2D eigenvalue weighted by Crippen LogP contribution is -2.36. The third-order valence-corrected chi connectivity index (χ3v) is 5.30. The topological polar surface area (TPSA) is 58.4 Å². The standard InChI is InChI=1S/C23H25N3O2/c1-17-9-11-18(12-10-17)21(26-13-5-6-14-26)16-24-23(27)20-15-22(28-25-20)19-7-3-2-4-8-19/h2-4,7-12,15,21H,5-6,13-14,16H2,1H3,(H,24,27)/t21-/m0/s1. The average molecular weight is 375 g/mol. The van der Waals surface area contributed by atoms with Crippen molar-refractivity contribution in [1.82, 2.24) is 15.4 Å². The molecule has 2 aromatic carbocycles. The summed E-state index contributed by atoms with van der Waals surface area (Å²) >= 11 is 0. The van der Waals surface area contributed by atoms with Crippen LogP contribution < -0.4 is 5.32 Å². The van der Waals surface area contributed by atoms with Gasteiger partial charge in [-0.15, -0.1) is 0 Å². The van der Waals surface area contributed by atoms with E-state index in [9.17, 15) is 4.79 Å². The van der Waals surface area contributed by atoms with Crippen LogP contribution in [0.5, 0.6) is 0 Å². The number of amides is 1. The van der Waals surface area contributed by atoms with Crippen molar-refractivity contribution in [1.29, 1.82) is 0 Å². The Balaban J connectivity index is 1.45. The molecule has 4 rings (SSSR count). The number of rotatable bonds is 6. The van der Waals surface area contributed by atoms with E-state index in [1.54, 1.807) is 6.07 Å². The van der Waals surface area contributed by atoms with Gasteiger partial charge in [0.1, 0.15) is 0 Å². The number of carbonyl (C=O) groups is 1. The molecule has 0 unspecified atom stereocenters. The highest BCUT2D eigenvalue weighted by molar-refractivity contribution is 5.93. The van der Waals surface area contributed by atoms with Crippen LogP contribution in [0, 0.1) is 6.92 Å². The largest absolute Gasteiger partial charge is 0.355 e. The van der Waals surface area contributed by atoms with E-state index in [-0.39, 0.29) is 11.9 Å². The molecule has 1 aliphatic heterocycles. The molecule has 5 nitrogen and oxygen atoms in total. The van der Waals surface area contributed by atoms with E-state index in [1.807, 2.05) is 30.3 Å². The minimum absolute atomic E-state index is 0.174. The Hall–Kier alpha value is -2.92. The molecule has 1 N–H and O–H groups in total. The second-order valence-corrected chi connectivity index (χ2v) is 7.32. The molecule has 1 aromatic heterocycles. The lowest BCUT2D eigenvalue weighted by Gasteiger charge is -2.28. The summed E-state index contributed by atoms with van der Waals surface area (Å²) in [6, 6.07) is 20.1. The van der Waals surface area contributed by atoms with Gasteiger partial charge in [-0.2, -0.15) is 0 Å². The predicted molar refractivity (Wildman–Crippen MR) is 109 cm³/mol. The molecule has 0 radical (unpaired) electrons. The molecule has 2 heterocycles. The second kappa shape index (κ2) is 8.40. The van der Waals surface area contributed by atoms with Gasteiger partial charge in [-0.1, -0.05) is 65.3 Å². The van der Waals surface area contributed by atoms with Crippen LogP contribution in [0.15, 0.2) is 65.2 Å². The Morgan fingerprint density at radius 2 is 1.82 bits per heavy atom. The molecular formula is C23H25N3O2. The fraction of sp³-hybridized carbons (Fsp3) is 0.304. The van der Waals surface area contributed by atoms with E-state index in [1.165, 1.54) is 24.0 Å². The molecule has 0 bridgehead atoms. The Morgan fingerprint density at radius 3 is 2.54 bits per heavy atom. The molecule has 1 saturated heterocycles. The summed E-state index contributed by atoms with van der Waals surface area (Å²) < 4.78 is 5.36. The number of nitrogens with one attached hydrogen (secondary N) is 1. The molecular weight excluding hydrogens is 350 g/mol. The number of nitrogens with zero attached hydrogens (tertiary/aromatic N) is 2. The zero-order valence-corrected chi connectivity index (χ0v) is 16.1. The normalized spacial score (nSPS) is 15.5. The van der Waals surface area contributed by atoms with Crippen LogP contribution in [0.2, 0.25) is 0 Å². The van der Waals surface area contributed by atoms with E-state index in [0.717, 1.165) is 18.7 Å². The second-order valence-electron chi connectivity index (χ2n) is 7.32. The quantitative estimate of drug-likeness (QED) is 0.701. The molecule has 0 saturated carbocycles. The van der Waals surface area contributed by atoms with E-state index in [2.05, 4.69) is 46.6 Å². The minimum Gasteiger partial charge on any atom is -0.355 e. The molecule has 5 heteroatoms. The lowest BCUT2D eigenvalue weighted by molar-refractivity contribution is 0.0929. The highest BCUT2D eigenvalue weighted by Gasteiger charge is 2.24. The Morgan fingerprint density at radius 1 is 1.11 bits per heavy atom. The molecule has 0 aliphatic carbocycles. The Bertz CT molecular complexity index is 913. The van der Waals surface area contributed by atoms with Gasteiger partial charge in [0.25, 0.3) is 5.91 Å². The SMILES string of the molecule is Cc1ccc([C@H](CNC(=O)c2cc(-c3ccccc3)on2)N2CCCC2)cc1. The van der Waals surface area contributed by atoms with Crippen molar-refractivity contribution in [3.05, 3.63) is 77.5 Å². The number of aryl methyl sites for hydroxylation is 1. The van der Waals surface area contributed by atoms with Gasteiger partial charge in [-0.05, 0) is 38.4 Å². The minimum atomic E-state index is -0.206. The van der Waals surface area contributed by atoms with Crippen LogP contribution in [-0.4, -0.2) is 35.6 Å². The molecule has 1 fully saturated rings. The van der Waals surface area contributed by atoms with E-state index in [4.69, 9.17) is 4.52 Å². The van der Waals surface area contributed by atoms with Gasteiger partial charge in [0.2, 0.25) is 0 Å². The summed E-state index contributed by atoms with van der Waals surface area (Å²) in [6.45, 7) is 4.77. The number of hydrogen-bond acceptors (Lipinski definition) is 4. The molecule has 1 atom stereocenters. The average Bonchev–Trinajstić information content (AvgIpc) is 3.42. The molecule has 1 amide bonds. The molecule has 0 spiro atoms. The zero-order chi connectivity index (χ0) is 19.3. The molecule has 3 aromatic rings. The zero-order valence-electron chi connectivity index (χ0n) is 16.1. The summed E-state index contributed by atoms with van der Waals surface area (Å²) in [5, 5.41) is 7.00. The van der Waals surface area contributed by atoms with Gasteiger partial charge in [0.05, 0.1) is 6.04 Å². The van der Waals surface area contributed by atoms with Crippen molar-refractivity contribution >= 4 is 5.91 Å². The molecule has 1 aliphatic rings. The lowest BCUT2D eigenvalue weighted by atomic mass is 10.0. The van der Waals surface area contributed by atoms with Crippen molar-refractivity contribution in [2.75, 3.05) is 19.6 Å². The number of benzene rings is 2. The number of aromatic nitrogens is 1.